The first kappa shape index (κ1) is 23.2. The van der Waals surface area contributed by atoms with Gasteiger partial charge in [0.25, 0.3) is 0 Å². The van der Waals surface area contributed by atoms with Gasteiger partial charge in [0.15, 0.2) is 0 Å². The largest absolute Gasteiger partial charge is 0.466 e. The van der Waals surface area contributed by atoms with Crippen LogP contribution in [0.25, 0.3) is 0 Å². The molecule has 1 atom stereocenters. The lowest BCUT2D eigenvalue weighted by Crippen LogP contribution is -2.40. The third kappa shape index (κ3) is 6.65. The number of rotatable bonds is 9. The Morgan fingerprint density at radius 2 is 2.00 bits per heavy atom. The molecule has 148 valence electrons. The lowest BCUT2D eigenvalue weighted by atomic mass is 9.98. The molecule has 0 N–H and O–H groups in total. The van der Waals surface area contributed by atoms with E-state index in [1.807, 2.05) is 25.1 Å². The van der Waals surface area contributed by atoms with Crippen molar-refractivity contribution in [1.82, 2.24) is 4.31 Å². The van der Waals surface area contributed by atoms with Gasteiger partial charge in [-0.15, -0.1) is 6.42 Å². The molecule has 0 saturated heterocycles. The van der Waals surface area contributed by atoms with E-state index in [1.54, 1.807) is 6.07 Å². The van der Waals surface area contributed by atoms with Crippen LogP contribution in [-0.2, 0) is 19.6 Å². The zero-order valence-corrected chi connectivity index (χ0v) is 18.6. The summed E-state index contributed by atoms with van der Waals surface area (Å²) in [6.07, 6.45) is 5.47. The normalized spacial score (nSPS) is 13.1. The number of hydrogen-bond donors (Lipinski definition) is 0. The summed E-state index contributed by atoms with van der Waals surface area (Å²) in [5, 5.41) is 0. The number of benzene rings is 1. The second kappa shape index (κ2) is 9.35. The zero-order chi connectivity index (χ0) is 20.8. The van der Waals surface area contributed by atoms with E-state index in [-0.39, 0.29) is 17.9 Å². The lowest BCUT2D eigenvalue weighted by molar-refractivity contribution is -0.136. The van der Waals surface area contributed by atoms with E-state index in [2.05, 4.69) is 32.1 Å². The van der Waals surface area contributed by atoms with Crippen molar-refractivity contribution in [3.63, 3.8) is 0 Å². The highest BCUT2D eigenvalue weighted by Gasteiger charge is 2.36. The predicted molar refractivity (Wildman–Crippen MR) is 113 cm³/mol. The van der Waals surface area contributed by atoms with Gasteiger partial charge in [-0.1, -0.05) is 62.0 Å². The first-order valence-corrected chi connectivity index (χ1v) is 14.0. The number of carbonyl (C=O) groups is 1. The molecule has 0 radical (unpaired) electrons. The quantitative estimate of drug-likeness (QED) is 0.272. The summed E-state index contributed by atoms with van der Waals surface area (Å²) in [7, 11) is -4.05. The summed E-state index contributed by atoms with van der Waals surface area (Å²) in [6.45, 7) is 11.9. The van der Waals surface area contributed by atoms with Crippen LogP contribution in [-0.4, -0.2) is 46.2 Å². The molecule has 1 aromatic rings. The van der Waals surface area contributed by atoms with Gasteiger partial charge in [0.1, 0.15) is 0 Å². The maximum atomic E-state index is 13.1. The molecule has 0 aliphatic rings. The number of methoxy groups -OCH3 is 1. The molecular weight excluding hydrogens is 378 g/mol. The Bertz CT molecular complexity index is 834. The van der Waals surface area contributed by atoms with Crippen molar-refractivity contribution in [2.24, 2.45) is 0 Å². The summed E-state index contributed by atoms with van der Waals surface area (Å²) in [6, 6.07) is 7.00. The minimum absolute atomic E-state index is 0.0127. The molecule has 0 aliphatic carbocycles. The maximum Gasteiger partial charge on any atom is 0.335 e. The Balaban J connectivity index is 3.46. The zero-order valence-electron chi connectivity index (χ0n) is 16.8. The highest BCUT2D eigenvalue weighted by molar-refractivity contribution is 7.89. The Kier molecular flexibility index (Phi) is 8.02. The van der Waals surface area contributed by atoms with Gasteiger partial charge >= 0.3 is 5.97 Å². The summed E-state index contributed by atoms with van der Waals surface area (Å²) < 4.78 is 32.3. The minimum atomic E-state index is -3.71. The standard InChI is InChI=1S/C20H29NO4SSi/c1-8-12-21(26(23,24)13-14-27(5,6)7)19(17(3)20(22)25-4)18-11-9-10-16(2)15-18/h1,9-11,15,19H,3,12-14H2,2,4-7H3. The van der Waals surface area contributed by atoms with E-state index >= 15 is 0 Å². The van der Waals surface area contributed by atoms with E-state index in [4.69, 9.17) is 11.2 Å². The van der Waals surface area contributed by atoms with Crippen LogP contribution in [0, 0.1) is 19.3 Å². The van der Waals surface area contributed by atoms with Gasteiger partial charge in [-0.3, -0.25) is 0 Å². The molecule has 7 heteroatoms. The monoisotopic (exact) mass is 407 g/mol. The number of aryl methyl sites for hydroxylation is 1. The second-order valence-electron chi connectivity index (χ2n) is 7.71. The highest BCUT2D eigenvalue weighted by atomic mass is 32.2. The Hall–Kier alpha value is -1.88. The molecule has 0 bridgehead atoms. The van der Waals surface area contributed by atoms with E-state index in [0.29, 0.717) is 11.6 Å². The predicted octanol–water partition coefficient (Wildman–Crippen LogP) is 3.37. The van der Waals surface area contributed by atoms with Gasteiger partial charge in [-0.05, 0) is 18.5 Å². The molecule has 27 heavy (non-hydrogen) atoms. The summed E-state index contributed by atoms with van der Waals surface area (Å²) >= 11 is 0. The minimum Gasteiger partial charge on any atom is -0.466 e. The number of nitrogens with zero attached hydrogens (tertiary/aromatic N) is 1. The smallest absolute Gasteiger partial charge is 0.335 e. The third-order valence-corrected chi connectivity index (χ3v) is 8.02. The van der Waals surface area contributed by atoms with E-state index in [9.17, 15) is 13.2 Å². The van der Waals surface area contributed by atoms with Gasteiger partial charge < -0.3 is 4.74 Å². The number of ether oxygens (including phenoxy) is 1. The number of esters is 1. The molecule has 0 aliphatic heterocycles. The molecular formula is C20H29NO4SSi. The van der Waals surface area contributed by atoms with Crippen molar-refractivity contribution in [3.05, 3.63) is 47.5 Å². The van der Waals surface area contributed by atoms with E-state index in [0.717, 1.165) is 5.56 Å². The van der Waals surface area contributed by atoms with Gasteiger partial charge in [0.05, 0.1) is 31.0 Å². The highest BCUT2D eigenvalue weighted by Crippen LogP contribution is 2.32. The maximum absolute atomic E-state index is 13.1. The van der Waals surface area contributed by atoms with Crippen molar-refractivity contribution >= 4 is 24.1 Å². The molecule has 0 spiro atoms. The van der Waals surface area contributed by atoms with Crippen molar-refractivity contribution in [3.8, 4) is 12.3 Å². The van der Waals surface area contributed by atoms with Crippen LogP contribution < -0.4 is 0 Å². The molecule has 5 nitrogen and oxygen atoms in total. The van der Waals surface area contributed by atoms with Crippen LogP contribution in [0.1, 0.15) is 17.2 Å². The summed E-state index contributed by atoms with van der Waals surface area (Å²) in [4.78, 5) is 12.2. The van der Waals surface area contributed by atoms with Gasteiger partial charge in [0.2, 0.25) is 10.0 Å². The molecule has 0 aromatic heterocycles. The average Bonchev–Trinajstić information content (AvgIpc) is 2.58. The van der Waals surface area contributed by atoms with Crippen molar-refractivity contribution in [2.45, 2.75) is 38.7 Å². The SMILES string of the molecule is C#CCN(C(C(=C)C(=O)OC)c1cccc(C)c1)S(=O)(=O)CC[Si](C)(C)C. The molecule has 0 saturated carbocycles. The molecule has 0 heterocycles. The third-order valence-electron chi connectivity index (χ3n) is 4.14. The fraction of sp³-hybridized carbons (Fsp3) is 0.450. The van der Waals surface area contributed by atoms with Crippen molar-refractivity contribution < 1.29 is 17.9 Å². The Labute approximate surface area is 164 Å². The average molecular weight is 408 g/mol. The van der Waals surface area contributed by atoms with Crippen LogP contribution in [0.5, 0.6) is 0 Å². The molecule has 1 unspecified atom stereocenters. The van der Waals surface area contributed by atoms with E-state index < -0.39 is 30.1 Å². The fourth-order valence-corrected chi connectivity index (χ4v) is 7.17. The molecule has 1 rings (SSSR count). The van der Waals surface area contributed by atoms with Crippen LogP contribution >= 0.6 is 0 Å². The molecule has 1 aromatic carbocycles. The Morgan fingerprint density at radius 3 is 2.48 bits per heavy atom. The van der Waals surface area contributed by atoms with Crippen molar-refractivity contribution in [1.29, 1.82) is 0 Å². The summed E-state index contributed by atoms with van der Waals surface area (Å²) in [5.74, 6) is 1.74. The second-order valence-corrected chi connectivity index (χ2v) is 15.4. The number of sulfonamides is 1. The Morgan fingerprint density at radius 1 is 1.37 bits per heavy atom. The first-order chi connectivity index (χ1) is 12.4. The number of hydrogen-bond acceptors (Lipinski definition) is 4. The van der Waals surface area contributed by atoms with Gasteiger partial charge in [0, 0.05) is 8.07 Å². The number of terminal acetylenes is 1. The van der Waals surface area contributed by atoms with Crippen molar-refractivity contribution in [2.75, 3.05) is 19.4 Å². The fourth-order valence-electron chi connectivity index (χ4n) is 2.62. The number of carbonyl (C=O) groups excluding carboxylic acids is 1. The first-order valence-electron chi connectivity index (χ1n) is 8.69. The van der Waals surface area contributed by atoms with E-state index in [1.165, 1.54) is 11.4 Å². The van der Waals surface area contributed by atoms with Gasteiger partial charge in [-0.25, -0.2) is 13.2 Å². The van der Waals surface area contributed by atoms with Crippen LogP contribution in [0.2, 0.25) is 25.7 Å². The summed E-state index contributed by atoms with van der Waals surface area (Å²) in [5.41, 5.74) is 1.61. The molecule has 0 amide bonds. The van der Waals surface area contributed by atoms with Crippen LogP contribution in [0.15, 0.2) is 36.4 Å². The van der Waals surface area contributed by atoms with Crippen LogP contribution in [0.3, 0.4) is 0 Å². The topological polar surface area (TPSA) is 63.7 Å². The van der Waals surface area contributed by atoms with Gasteiger partial charge in [-0.2, -0.15) is 4.31 Å². The lowest BCUT2D eigenvalue weighted by Gasteiger charge is -2.31. The molecule has 0 fully saturated rings. The van der Waals surface area contributed by atoms with Crippen LogP contribution in [0.4, 0.5) is 0 Å².